The van der Waals surface area contributed by atoms with Gasteiger partial charge in [-0.2, -0.15) is 5.26 Å². The molecule has 1 heterocycles. The molecule has 0 aliphatic carbocycles. The predicted octanol–water partition coefficient (Wildman–Crippen LogP) is 5.16. The van der Waals surface area contributed by atoms with Gasteiger partial charge in [-0.25, -0.2) is 4.98 Å². The Hall–Kier alpha value is -3.10. The van der Waals surface area contributed by atoms with Crippen LogP contribution in [-0.4, -0.2) is 16.1 Å². The maximum absolute atomic E-state index is 11.8. The van der Waals surface area contributed by atoms with E-state index in [1.165, 1.54) is 0 Å². The summed E-state index contributed by atoms with van der Waals surface area (Å²) in [6, 6.07) is 21.0. The summed E-state index contributed by atoms with van der Waals surface area (Å²) in [5.74, 6) is -0.963. The first-order valence-corrected chi connectivity index (χ1v) is 9.30. The number of thioether (sulfide) groups is 1. The summed E-state index contributed by atoms with van der Waals surface area (Å²) in [6.07, 6.45) is 0. The number of carbonyl (C=O) groups is 1. The monoisotopic (exact) mass is 374 g/mol. The summed E-state index contributed by atoms with van der Waals surface area (Å²) in [6.45, 7) is 3.86. The molecule has 0 saturated heterocycles. The SMILES string of the molecule is Cc1ccc(-c2cc(C)c(C#N)c(SC(C(=O)O)c3ccccc3)n2)cc1. The molecule has 0 aliphatic rings. The summed E-state index contributed by atoms with van der Waals surface area (Å²) < 4.78 is 0. The van der Waals surface area contributed by atoms with Crippen LogP contribution in [0.2, 0.25) is 0 Å². The lowest BCUT2D eigenvalue weighted by atomic mass is 10.1. The first-order valence-electron chi connectivity index (χ1n) is 8.43. The molecule has 27 heavy (non-hydrogen) atoms. The van der Waals surface area contributed by atoms with Gasteiger partial charge in [0, 0.05) is 5.56 Å². The average Bonchev–Trinajstić information content (AvgIpc) is 2.66. The Balaban J connectivity index is 2.06. The second-order valence-corrected chi connectivity index (χ2v) is 7.32. The molecular weight excluding hydrogens is 356 g/mol. The van der Waals surface area contributed by atoms with Gasteiger partial charge in [-0.3, -0.25) is 4.79 Å². The Morgan fingerprint density at radius 1 is 1.11 bits per heavy atom. The van der Waals surface area contributed by atoms with Crippen LogP contribution in [0.4, 0.5) is 0 Å². The second-order valence-electron chi connectivity index (χ2n) is 6.23. The Bertz CT molecular complexity index is 1010. The van der Waals surface area contributed by atoms with E-state index in [0.29, 0.717) is 16.2 Å². The highest BCUT2D eigenvalue weighted by atomic mass is 32.2. The molecule has 1 aromatic heterocycles. The number of aliphatic carboxylic acids is 1. The summed E-state index contributed by atoms with van der Waals surface area (Å²) >= 11 is 1.09. The Kier molecular flexibility index (Phi) is 5.58. The van der Waals surface area contributed by atoms with E-state index in [4.69, 9.17) is 0 Å². The fourth-order valence-electron chi connectivity index (χ4n) is 2.74. The third kappa shape index (κ3) is 4.18. The average molecular weight is 374 g/mol. The maximum Gasteiger partial charge on any atom is 0.321 e. The molecule has 0 saturated carbocycles. The van der Waals surface area contributed by atoms with Crippen molar-refractivity contribution in [1.82, 2.24) is 4.98 Å². The van der Waals surface area contributed by atoms with Crippen molar-refractivity contribution in [2.75, 3.05) is 0 Å². The van der Waals surface area contributed by atoms with Gasteiger partial charge in [-0.1, -0.05) is 71.9 Å². The minimum Gasteiger partial charge on any atom is -0.480 e. The third-order valence-corrected chi connectivity index (χ3v) is 5.43. The summed E-state index contributed by atoms with van der Waals surface area (Å²) in [7, 11) is 0. The fraction of sp³-hybridized carbons (Fsp3) is 0.136. The van der Waals surface area contributed by atoms with Crippen molar-refractivity contribution in [2.45, 2.75) is 24.1 Å². The molecule has 5 heteroatoms. The molecule has 0 fully saturated rings. The topological polar surface area (TPSA) is 74.0 Å². The van der Waals surface area contributed by atoms with E-state index >= 15 is 0 Å². The van der Waals surface area contributed by atoms with E-state index in [9.17, 15) is 15.2 Å². The van der Waals surface area contributed by atoms with Crippen molar-refractivity contribution < 1.29 is 9.90 Å². The number of nitrogens with zero attached hydrogens (tertiary/aromatic N) is 2. The molecule has 1 N–H and O–H groups in total. The lowest BCUT2D eigenvalue weighted by Gasteiger charge is -2.15. The molecule has 3 aromatic rings. The molecule has 0 bridgehead atoms. The smallest absolute Gasteiger partial charge is 0.321 e. The van der Waals surface area contributed by atoms with Crippen LogP contribution in [0.15, 0.2) is 65.7 Å². The van der Waals surface area contributed by atoms with Crippen molar-refractivity contribution in [3.8, 4) is 17.3 Å². The van der Waals surface area contributed by atoms with Gasteiger partial charge in [0.2, 0.25) is 0 Å². The molecule has 0 amide bonds. The number of hydrogen-bond acceptors (Lipinski definition) is 4. The van der Waals surface area contributed by atoms with Crippen LogP contribution in [-0.2, 0) is 4.79 Å². The van der Waals surface area contributed by atoms with Crippen molar-refractivity contribution >= 4 is 17.7 Å². The Morgan fingerprint density at radius 3 is 2.37 bits per heavy atom. The Morgan fingerprint density at radius 2 is 1.78 bits per heavy atom. The number of benzene rings is 2. The second kappa shape index (κ2) is 8.07. The van der Waals surface area contributed by atoms with E-state index < -0.39 is 11.2 Å². The van der Waals surface area contributed by atoms with Crippen LogP contribution in [0.25, 0.3) is 11.3 Å². The number of carboxylic acid groups (broad SMARTS) is 1. The minimum absolute atomic E-state index is 0.415. The zero-order valence-electron chi connectivity index (χ0n) is 15.0. The molecule has 0 radical (unpaired) electrons. The standard InChI is InChI=1S/C22H18N2O2S/c1-14-8-10-16(11-9-14)19-12-15(2)18(13-23)21(24-19)27-20(22(25)26)17-6-4-3-5-7-17/h3-12,20H,1-2H3,(H,25,26). The molecular formula is C22H18N2O2S. The molecule has 0 aliphatic heterocycles. The minimum atomic E-state index is -0.963. The van der Waals surface area contributed by atoms with E-state index in [1.54, 1.807) is 24.3 Å². The van der Waals surface area contributed by atoms with E-state index in [-0.39, 0.29) is 0 Å². The van der Waals surface area contributed by atoms with Crippen LogP contribution in [0.1, 0.15) is 27.5 Å². The zero-order chi connectivity index (χ0) is 19.4. The first kappa shape index (κ1) is 18.7. The lowest BCUT2D eigenvalue weighted by Crippen LogP contribution is -2.09. The van der Waals surface area contributed by atoms with Gasteiger partial charge in [0.1, 0.15) is 16.3 Å². The van der Waals surface area contributed by atoms with Gasteiger partial charge in [0.05, 0.1) is 11.3 Å². The molecule has 4 nitrogen and oxygen atoms in total. The van der Waals surface area contributed by atoms with Gasteiger partial charge in [-0.05, 0) is 31.0 Å². The van der Waals surface area contributed by atoms with E-state index in [0.717, 1.165) is 34.1 Å². The van der Waals surface area contributed by atoms with Gasteiger partial charge in [-0.15, -0.1) is 0 Å². The summed E-state index contributed by atoms with van der Waals surface area (Å²) in [5.41, 5.74) is 4.67. The third-order valence-electron chi connectivity index (χ3n) is 4.20. The van der Waals surface area contributed by atoms with Crippen LogP contribution >= 0.6 is 11.8 Å². The van der Waals surface area contributed by atoms with Gasteiger partial charge in [0.25, 0.3) is 0 Å². The number of pyridine rings is 1. The van der Waals surface area contributed by atoms with E-state index in [1.807, 2.05) is 50.2 Å². The number of aryl methyl sites for hydroxylation is 2. The Labute approximate surface area is 162 Å². The maximum atomic E-state index is 11.8. The largest absolute Gasteiger partial charge is 0.480 e. The number of nitriles is 1. The van der Waals surface area contributed by atoms with Gasteiger partial charge in [0.15, 0.2) is 0 Å². The molecule has 1 unspecified atom stereocenters. The molecule has 2 aromatic carbocycles. The molecule has 3 rings (SSSR count). The molecule has 1 atom stereocenters. The number of carboxylic acids is 1. The van der Waals surface area contributed by atoms with Gasteiger partial charge >= 0.3 is 5.97 Å². The van der Waals surface area contributed by atoms with Crippen LogP contribution < -0.4 is 0 Å². The van der Waals surface area contributed by atoms with Crippen molar-refractivity contribution in [3.63, 3.8) is 0 Å². The van der Waals surface area contributed by atoms with Crippen LogP contribution in [0.5, 0.6) is 0 Å². The highest BCUT2D eigenvalue weighted by molar-refractivity contribution is 8.00. The first-order chi connectivity index (χ1) is 13.0. The molecule has 134 valence electrons. The predicted molar refractivity (Wildman–Crippen MR) is 107 cm³/mol. The number of hydrogen-bond donors (Lipinski definition) is 1. The van der Waals surface area contributed by atoms with E-state index in [2.05, 4.69) is 11.1 Å². The zero-order valence-corrected chi connectivity index (χ0v) is 15.8. The quantitative estimate of drug-likeness (QED) is 0.625. The van der Waals surface area contributed by atoms with Crippen LogP contribution in [0, 0.1) is 25.2 Å². The fourth-order valence-corrected chi connectivity index (χ4v) is 3.83. The van der Waals surface area contributed by atoms with Crippen LogP contribution in [0.3, 0.4) is 0 Å². The van der Waals surface area contributed by atoms with Crippen molar-refractivity contribution in [2.24, 2.45) is 0 Å². The van der Waals surface area contributed by atoms with Crippen molar-refractivity contribution in [3.05, 3.63) is 82.9 Å². The normalized spacial score (nSPS) is 11.6. The summed E-state index contributed by atoms with van der Waals surface area (Å²) in [5, 5.41) is 18.9. The van der Waals surface area contributed by atoms with Gasteiger partial charge < -0.3 is 5.11 Å². The highest BCUT2D eigenvalue weighted by Gasteiger charge is 2.24. The number of rotatable bonds is 5. The highest BCUT2D eigenvalue weighted by Crippen LogP contribution is 2.38. The molecule has 0 spiro atoms. The number of aromatic nitrogens is 1. The lowest BCUT2D eigenvalue weighted by molar-refractivity contribution is -0.136. The summed E-state index contributed by atoms with van der Waals surface area (Å²) in [4.78, 5) is 16.5. The van der Waals surface area contributed by atoms with Crippen molar-refractivity contribution in [1.29, 1.82) is 5.26 Å².